The number of nitrogens with zero attached hydrogens (tertiary/aromatic N) is 4. The lowest BCUT2D eigenvalue weighted by Gasteiger charge is -2.25. The Morgan fingerprint density at radius 1 is 0.963 bits per heavy atom. The lowest BCUT2D eigenvalue weighted by Crippen LogP contribution is -3.17. The molecule has 0 saturated carbocycles. The van der Waals surface area contributed by atoms with Crippen molar-refractivity contribution in [3.63, 3.8) is 0 Å². The Labute approximate surface area is 166 Å². The van der Waals surface area contributed by atoms with Gasteiger partial charge in [-0.25, -0.2) is 5.01 Å². The van der Waals surface area contributed by atoms with Gasteiger partial charge in [0.1, 0.15) is 11.7 Å². The molecule has 1 aromatic heterocycles. The van der Waals surface area contributed by atoms with E-state index < -0.39 is 0 Å². The van der Waals surface area contributed by atoms with E-state index in [-0.39, 0.29) is 12.4 Å². The maximum Gasteiger partial charge on any atom is 0.206 e. The van der Waals surface area contributed by atoms with E-state index in [9.17, 15) is 0 Å². The highest BCUT2D eigenvalue weighted by Crippen LogP contribution is 2.33. The lowest BCUT2D eigenvalue weighted by molar-refractivity contribution is -0.896. The molecule has 0 bridgehead atoms. The zero-order valence-electron chi connectivity index (χ0n) is 16.0. The number of para-hydroxylation sites is 2. The predicted octanol–water partition coefficient (Wildman–Crippen LogP) is 0.754. The summed E-state index contributed by atoms with van der Waals surface area (Å²) >= 11 is 0. The molecule has 0 saturated heterocycles. The molecule has 4 rings (SSSR count). The lowest BCUT2D eigenvalue weighted by atomic mass is 10.2. The van der Waals surface area contributed by atoms with Crippen molar-refractivity contribution in [1.82, 2.24) is 4.57 Å². The molecular formula is C21H24ClN5. The Balaban J connectivity index is 0.00000210. The molecule has 2 heterocycles. The van der Waals surface area contributed by atoms with Crippen LogP contribution in [0.1, 0.15) is 12.6 Å². The van der Waals surface area contributed by atoms with E-state index in [2.05, 4.69) is 96.3 Å². The molecule has 6 heteroatoms. The van der Waals surface area contributed by atoms with Crippen LogP contribution in [0.5, 0.6) is 0 Å². The van der Waals surface area contributed by atoms with Crippen LogP contribution in [0.25, 0.3) is 10.9 Å². The molecule has 5 nitrogen and oxygen atoms in total. The van der Waals surface area contributed by atoms with Crippen LogP contribution in [0.15, 0.2) is 76.7 Å². The number of aryl methyl sites for hydroxylation is 1. The maximum absolute atomic E-state index is 4.66. The van der Waals surface area contributed by atoms with Crippen LogP contribution in [-0.4, -0.2) is 17.7 Å². The van der Waals surface area contributed by atoms with E-state index in [1.807, 2.05) is 12.1 Å². The van der Waals surface area contributed by atoms with E-state index in [0.717, 1.165) is 28.3 Å². The largest absolute Gasteiger partial charge is 1.00 e. The number of fused-ring (bicyclic) bond motifs is 1. The third-order valence-corrected chi connectivity index (χ3v) is 5.27. The van der Waals surface area contributed by atoms with Crippen LogP contribution < -0.4 is 22.4 Å². The van der Waals surface area contributed by atoms with Crippen LogP contribution in [0.2, 0.25) is 0 Å². The SMILES string of the molecule is Cc1c(N=NC2=CC(C)[NH+](C)N2c2ccccc2)c2ccccc2n1C.[Cl-]. The fourth-order valence-corrected chi connectivity index (χ4v) is 3.52. The molecule has 1 aliphatic heterocycles. The number of rotatable bonds is 3. The second kappa shape index (κ2) is 7.55. The first-order chi connectivity index (χ1) is 12.6. The van der Waals surface area contributed by atoms with E-state index in [1.165, 1.54) is 10.5 Å². The molecule has 1 N–H and O–H groups in total. The summed E-state index contributed by atoms with van der Waals surface area (Å²) in [6.07, 6.45) is 2.17. The zero-order chi connectivity index (χ0) is 18.3. The van der Waals surface area contributed by atoms with Gasteiger partial charge in [-0.1, -0.05) is 36.4 Å². The number of azo groups is 1. The van der Waals surface area contributed by atoms with Crippen molar-refractivity contribution in [1.29, 1.82) is 0 Å². The van der Waals surface area contributed by atoms with Crippen molar-refractivity contribution in [3.8, 4) is 0 Å². The number of nitrogens with one attached hydrogen (secondary N) is 1. The normalized spacial score (nSPS) is 19.6. The summed E-state index contributed by atoms with van der Waals surface area (Å²) in [5, 5.41) is 13.9. The molecule has 27 heavy (non-hydrogen) atoms. The van der Waals surface area contributed by atoms with Crippen molar-refractivity contribution in [3.05, 3.63) is 72.2 Å². The van der Waals surface area contributed by atoms with Crippen LogP contribution in [-0.2, 0) is 7.05 Å². The van der Waals surface area contributed by atoms with Gasteiger partial charge in [-0.05, 0) is 32.0 Å². The van der Waals surface area contributed by atoms with Crippen molar-refractivity contribution >= 4 is 22.3 Å². The van der Waals surface area contributed by atoms with Gasteiger partial charge in [0.25, 0.3) is 0 Å². The number of hydrogen-bond donors (Lipinski definition) is 1. The summed E-state index contributed by atoms with van der Waals surface area (Å²) in [7, 11) is 4.22. The van der Waals surface area contributed by atoms with E-state index >= 15 is 0 Å². The number of halogens is 1. The minimum absolute atomic E-state index is 0. The molecule has 3 aromatic rings. The van der Waals surface area contributed by atoms with Gasteiger partial charge in [0, 0.05) is 24.2 Å². The van der Waals surface area contributed by atoms with Gasteiger partial charge in [0.2, 0.25) is 5.82 Å². The summed E-state index contributed by atoms with van der Waals surface area (Å²) in [6.45, 7) is 4.28. The molecule has 0 spiro atoms. The molecule has 0 radical (unpaired) electrons. The Morgan fingerprint density at radius 2 is 1.63 bits per heavy atom. The number of anilines is 1. The molecule has 140 valence electrons. The van der Waals surface area contributed by atoms with Gasteiger partial charge < -0.3 is 17.0 Å². The third kappa shape index (κ3) is 3.24. The van der Waals surface area contributed by atoms with Gasteiger partial charge in [-0.3, -0.25) is 0 Å². The topological polar surface area (TPSA) is 37.3 Å². The number of aromatic nitrogens is 1. The molecule has 0 aliphatic carbocycles. The van der Waals surface area contributed by atoms with E-state index in [0.29, 0.717) is 6.04 Å². The van der Waals surface area contributed by atoms with Crippen LogP contribution in [0, 0.1) is 6.92 Å². The molecule has 1 aliphatic rings. The summed E-state index contributed by atoms with van der Waals surface area (Å²) in [4.78, 5) is 0. The Hall–Kier alpha value is -2.63. The fraction of sp³-hybridized carbons (Fsp3) is 0.238. The average Bonchev–Trinajstić information content (AvgIpc) is 3.08. The van der Waals surface area contributed by atoms with E-state index in [1.54, 1.807) is 0 Å². The summed E-state index contributed by atoms with van der Waals surface area (Å²) < 4.78 is 2.17. The number of hydrogen-bond acceptors (Lipinski definition) is 3. The van der Waals surface area contributed by atoms with Crippen molar-refractivity contribution in [2.75, 3.05) is 12.1 Å². The Kier molecular flexibility index (Phi) is 5.35. The van der Waals surface area contributed by atoms with Gasteiger partial charge >= 0.3 is 0 Å². The minimum atomic E-state index is 0. The first-order valence-corrected chi connectivity index (χ1v) is 8.94. The molecule has 2 atom stereocenters. The second-order valence-corrected chi connectivity index (χ2v) is 6.84. The van der Waals surface area contributed by atoms with Gasteiger partial charge in [0.15, 0.2) is 0 Å². The molecular weight excluding hydrogens is 358 g/mol. The summed E-state index contributed by atoms with van der Waals surface area (Å²) in [5.74, 6) is 0.883. The summed E-state index contributed by atoms with van der Waals surface area (Å²) in [6, 6.07) is 19.0. The van der Waals surface area contributed by atoms with Gasteiger partial charge in [-0.2, -0.15) is 5.01 Å². The maximum atomic E-state index is 4.66. The van der Waals surface area contributed by atoms with Gasteiger partial charge in [-0.15, -0.1) is 10.2 Å². The monoisotopic (exact) mass is 381 g/mol. The highest BCUT2D eigenvalue weighted by atomic mass is 35.5. The van der Waals surface area contributed by atoms with Crippen molar-refractivity contribution in [2.24, 2.45) is 17.3 Å². The first-order valence-electron chi connectivity index (χ1n) is 8.94. The molecule has 0 fully saturated rings. The summed E-state index contributed by atoms with van der Waals surface area (Å²) in [5.41, 5.74) is 4.35. The minimum Gasteiger partial charge on any atom is -1.00 e. The predicted molar refractivity (Wildman–Crippen MR) is 106 cm³/mol. The number of likely N-dealkylation sites (N-methyl/N-ethyl adjacent to an activating group) is 1. The Bertz CT molecular complexity index is 1010. The van der Waals surface area contributed by atoms with E-state index in [4.69, 9.17) is 0 Å². The van der Waals surface area contributed by atoms with Gasteiger partial charge in [0.05, 0.1) is 18.3 Å². The highest BCUT2D eigenvalue weighted by molar-refractivity contribution is 5.93. The average molecular weight is 382 g/mol. The molecule has 2 unspecified atom stereocenters. The first kappa shape index (κ1) is 19.1. The molecule has 0 amide bonds. The Morgan fingerprint density at radius 3 is 2.37 bits per heavy atom. The second-order valence-electron chi connectivity index (χ2n) is 6.84. The highest BCUT2D eigenvalue weighted by Gasteiger charge is 2.32. The number of quaternary nitrogens is 1. The van der Waals surface area contributed by atoms with Crippen LogP contribution in [0.3, 0.4) is 0 Å². The fourth-order valence-electron chi connectivity index (χ4n) is 3.52. The van der Waals surface area contributed by atoms with Crippen LogP contribution in [0.4, 0.5) is 11.4 Å². The zero-order valence-corrected chi connectivity index (χ0v) is 16.8. The number of benzene rings is 2. The standard InChI is InChI=1S/C21H23N5.ClH/c1-15-14-20(26(25(15)4)17-10-6-5-7-11-17)22-23-21-16(2)24(3)19-13-9-8-12-18(19)21;/h5-15H,1-4H3;1H. The van der Waals surface area contributed by atoms with Crippen LogP contribution >= 0.6 is 0 Å². The molecule has 2 aromatic carbocycles. The van der Waals surface area contributed by atoms with Crippen molar-refractivity contribution in [2.45, 2.75) is 19.9 Å². The van der Waals surface area contributed by atoms with Crippen molar-refractivity contribution < 1.29 is 17.4 Å². The third-order valence-electron chi connectivity index (χ3n) is 5.27. The quantitative estimate of drug-likeness (QED) is 0.668. The smallest absolute Gasteiger partial charge is 0.206 e.